The van der Waals surface area contributed by atoms with Crippen LogP contribution >= 0.6 is 0 Å². The van der Waals surface area contributed by atoms with Crippen molar-refractivity contribution in [3.05, 3.63) is 0 Å². The second-order valence-electron chi connectivity index (χ2n) is 11.9. The molecule has 10 aliphatic rings. The zero-order valence-corrected chi connectivity index (χ0v) is 14.1. The molecule has 0 aromatic rings. The lowest BCUT2D eigenvalue weighted by Crippen LogP contribution is -2.43. The van der Waals surface area contributed by atoms with Gasteiger partial charge >= 0.3 is 0 Å². The summed E-state index contributed by atoms with van der Waals surface area (Å²) in [6, 6.07) is 0. The molecule has 2 saturated heterocycles. The lowest BCUT2D eigenvalue weighted by Gasteiger charge is -2.42. The van der Waals surface area contributed by atoms with Gasteiger partial charge in [-0.3, -0.25) is 0 Å². The fourth-order valence-corrected chi connectivity index (χ4v) is 12.8. The van der Waals surface area contributed by atoms with Crippen LogP contribution in [0.3, 0.4) is 0 Å². The molecule has 0 aromatic heterocycles. The van der Waals surface area contributed by atoms with Crippen LogP contribution in [0.4, 0.5) is 0 Å². The summed E-state index contributed by atoms with van der Waals surface area (Å²) in [4.78, 5) is 0. The van der Waals surface area contributed by atoms with Crippen molar-refractivity contribution in [2.45, 2.75) is 62.9 Å². The van der Waals surface area contributed by atoms with Gasteiger partial charge in [0.1, 0.15) is 0 Å². The summed E-state index contributed by atoms with van der Waals surface area (Å²) < 4.78 is 13.6. The first-order chi connectivity index (χ1) is 11.9. The predicted molar refractivity (Wildman–Crippen MR) is 84.8 cm³/mol. The van der Waals surface area contributed by atoms with Gasteiger partial charge < -0.3 is 9.47 Å². The fraction of sp³-hybridized carbons (Fsp3) is 1.00. The minimum atomic E-state index is 0.675. The van der Waals surface area contributed by atoms with E-state index in [4.69, 9.17) is 9.47 Å². The zero-order valence-electron chi connectivity index (χ0n) is 14.1. The van der Waals surface area contributed by atoms with Crippen LogP contribution < -0.4 is 0 Å². The van der Waals surface area contributed by atoms with Crippen LogP contribution in [0.15, 0.2) is 0 Å². The van der Waals surface area contributed by atoms with Gasteiger partial charge in [0.05, 0.1) is 24.4 Å². The van der Waals surface area contributed by atoms with Crippen LogP contribution in [-0.2, 0) is 9.47 Å². The highest BCUT2D eigenvalue weighted by molar-refractivity contribution is 5.40. The largest absolute Gasteiger partial charge is 0.374 e. The third kappa shape index (κ3) is 0.766. The molecule has 0 amide bonds. The lowest BCUT2D eigenvalue weighted by atomic mass is 9.68. The minimum Gasteiger partial charge on any atom is -0.374 e. The number of hydrogen-bond acceptors (Lipinski definition) is 2. The van der Waals surface area contributed by atoms with Gasteiger partial charge in [-0.1, -0.05) is 0 Å². The summed E-state index contributed by atoms with van der Waals surface area (Å²) >= 11 is 0. The van der Waals surface area contributed by atoms with E-state index in [1.807, 2.05) is 0 Å². The summed E-state index contributed by atoms with van der Waals surface area (Å²) in [7, 11) is 0. The van der Waals surface area contributed by atoms with E-state index in [0.29, 0.717) is 35.2 Å². The Morgan fingerprint density at radius 1 is 0.542 bits per heavy atom. The van der Waals surface area contributed by atoms with Gasteiger partial charge in [0.2, 0.25) is 0 Å². The van der Waals surface area contributed by atoms with E-state index in [1.54, 1.807) is 0 Å². The summed E-state index contributed by atoms with van der Waals surface area (Å²) in [5.41, 5.74) is 1.38. The van der Waals surface area contributed by atoms with Crippen molar-refractivity contribution in [1.82, 2.24) is 0 Å². The Balaban J connectivity index is 1.32. The molecule has 8 saturated carbocycles. The first kappa shape index (κ1) is 11.6. The van der Waals surface area contributed by atoms with Crippen molar-refractivity contribution in [3.63, 3.8) is 0 Å². The van der Waals surface area contributed by atoms with Gasteiger partial charge in [-0.2, -0.15) is 0 Å². The first-order valence-corrected chi connectivity index (χ1v) is 11.2. The Morgan fingerprint density at radius 3 is 1.54 bits per heavy atom. The molecule has 2 aliphatic heterocycles. The molecule has 0 radical (unpaired) electrons. The zero-order chi connectivity index (χ0) is 14.7. The highest BCUT2D eigenvalue weighted by Crippen LogP contribution is 2.94. The number of rotatable bonds is 0. The van der Waals surface area contributed by atoms with Gasteiger partial charge in [0.15, 0.2) is 0 Å². The molecule has 10 rings (SSSR count). The second-order valence-corrected chi connectivity index (χ2v) is 11.9. The van der Waals surface area contributed by atoms with E-state index in [-0.39, 0.29) is 0 Å². The van der Waals surface area contributed by atoms with Gasteiger partial charge in [-0.15, -0.1) is 0 Å². The topological polar surface area (TPSA) is 18.5 Å². The van der Waals surface area contributed by atoms with E-state index < -0.39 is 0 Å². The maximum absolute atomic E-state index is 6.80. The average molecular weight is 322 g/mol. The Morgan fingerprint density at radius 2 is 1.04 bits per heavy atom. The molecule has 0 bridgehead atoms. The van der Waals surface area contributed by atoms with Crippen LogP contribution in [0.1, 0.15) is 38.5 Å². The van der Waals surface area contributed by atoms with Crippen LogP contribution in [0.25, 0.3) is 0 Å². The quantitative estimate of drug-likeness (QED) is 0.682. The molecular formula is C22H26O2. The molecule has 2 heteroatoms. The van der Waals surface area contributed by atoms with Crippen LogP contribution in [0.2, 0.25) is 0 Å². The monoisotopic (exact) mass is 322 g/mol. The summed E-state index contributed by atoms with van der Waals surface area (Å²) in [6.07, 6.45) is 11.5. The van der Waals surface area contributed by atoms with Crippen molar-refractivity contribution >= 4 is 0 Å². The van der Waals surface area contributed by atoms with E-state index in [1.165, 1.54) is 38.5 Å². The van der Waals surface area contributed by atoms with Crippen molar-refractivity contribution in [2.24, 2.45) is 70.0 Å². The van der Waals surface area contributed by atoms with Crippen LogP contribution in [0, 0.1) is 70.0 Å². The third-order valence-corrected chi connectivity index (χ3v) is 12.4. The van der Waals surface area contributed by atoms with E-state index in [9.17, 15) is 0 Å². The molecular weight excluding hydrogens is 296 g/mol. The summed E-state index contributed by atoms with van der Waals surface area (Å²) in [6.45, 7) is 0. The van der Waals surface area contributed by atoms with Crippen LogP contribution in [-0.4, -0.2) is 24.4 Å². The van der Waals surface area contributed by atoms with Crippen molar-refractivity contribution in [1.29, 1.82) is 0 Å². The molecule has 16 atom stereocenters. The smallest absolute Gasteiger partial charge is 0.0648 e. The highest BCUT2D eigenvalue weighted by Gasteiger charge is 2.94. The van der Waals surface area contributed by atoms with E-state index in [2.05, 4.69) is 0 Å². The molecule has 24 heavy (non-hydrogen) atoms. The van der Waals surface area contributed by atoms with Crippen molar-refractivity contribution < 1.29 is 9.47 Å². The van der Waals surface area contributed by atoms with E-state index >= 15 is 0 Å². The Bertz CT molecular complexity index is 686. The molecule has 0 aromatic carbocycles. The minimum absolute atomic E-state index is 0.675. The van der Waals surface area contributed by atoms with Gasteiger partial charge in [0, 0.05) is 10.8 Å². The van der Waals surface area contributed by atoms with E-state index in [0.717, 1.165) is 59.2 Å². The Labute approximate surface area is 143 Å². The molecule has 2 nitrogen and oxygen atoms in total. The molecule has 10 fully saturated rings. The molecule has 126 valence electrons. The second kappa shape index (κ2) is 2.87. The summed E-state index contributed by atoms with van der Waals surface area (Å²) in [5.74, 6) is 10.7. The standard InChI is InChI=1S/C22H26O2/c1-3-9-13-7(1)17-15-16-18(22(19(13)15)6-12(22)23-9)8-2-4-10-14(8)20(16)21(17)5-11(21)24-10/h7-20H,1-6H2/t7-,8+,9-,10+,11-,12-,13-,14-,15+,16+,17-,18+,19+,20+,21+,22+/m0/s1. The normalized spacial score (nSPS) is 87.0. The summed E-state index contributed by atoms with van der Waals surface area (Å²) in [5, 5.41) is 0. The van der Waals surface area contributed by atoms with Gasteiger partial charge in [-0.25, -0.2) is 0 Å². The average Bonchev–Trinajstić information content (AvgIpc) is 3.01. The molecule has 2 heterocycles. The van der Waals surface area contributed by atoms with Crippen molar-refractivity contribution in [2.75, 3.05) is 0 Å². The van der Waals surface area contributed by atoms with Gasteiger partial charge in [-0.05, 0) is 97.7 Å². The number of ether oxygens (including phenoxy) is 2. The first-order valence-electron chi connectivity index (χ1n) is 11.2. The maximum Gasteiger partial charge on any atom is 0.0648 e. The highest BCUT2D eigenvalue weighted by atomic mass is 16.5. The fourth-order valence-electron chi connectivity index (χ4n) is 12.8. The molecule has 8 aliphatic carbocycles. The molecule has 0 N–H and O–H groups in total. The molecule has 0 unspecified atom stereocenters. The Kier molecular flexibility index (Phi) is 1.39. The lowest BCUT2D eigenvalue weighted by molar-refractivity contribution is -0.100. The van der Waals surface area contributed by atoms with Crippen molar-refractivity contribution in [3.8, 4) is 0 Å². The van der Waals surface area contributed by atoms with Crippen LogP contribution in [0.5, 0.6) is 0 Å². The number of fused-ring (bicyclic) bond motifs is 2. The predicted octanol–water partition coefficient (Wildman–Crippen LogP) is 3.11. The molecule has 2 spiro atoms. The van der Waals surface area contributed by atoms with Gasteiger partial charge in [0.25, 0.3) is 0 Å². The Hall–Kier alpha value is -0.0800. The SMILES string of the molecule is C1C[C@H]2O[C@H]3C[C@@]34[C@@H]3[C@H]2[C@@H]1[C@@H]1[C@H]3[C@H]2[C@H]3[C@H]5[C@H](CC[C@@H]5O[C@H]5C[C@]315)[C@@H]24. The third-order valence-electron chi connectivity index (χ3n) is 12.4. The maximum atomic E-state index is 6.80. The number of hydrogen-bond donors (Lipinski definition) is 0.